The van der Waals surface area contributed by atoms with Gasteiger partial charge < -0.3 is 20.0 Å². The molecule has 0 spiro atoms. The maximum absolute atomic E-state index is 12.2. The van der Waals surface area contributed by atoms with Crippen molar-refractivity contribution in [3.05, 3.63) is 0 Å². The van der Waals surface area contributed by atoms with Gasteiger partial charge in [0.2, 0.25) is 0 Å². The van der Waals surface area contributed by atoms with Crippen molar-refractivity contribution in [2.24, 2.45) is 5.92 Å². The molecule has 1 aliphatic heterocycles. The highest BCUT2D eigenvalue weighted by Gasteiger charge is 2.26. The third-order valence-corrected chi connectivity index (χ3v) is 3.58. The SMILES string of the molecule is CCN(CCO)C(=O)N1CCCC(CCC(=O)O)C1. The fourth-order valence-corrected chi connectivity index (χ4v) is 2.51. The van der Waals surface area contributed by atoms with Crippen molar-refractivity contribution in [3.63, 3.8) is 0 Å². The number of aliphatic hydroxyl groups is 1. The third kappa shape index (κ3) is 5.06. The summed E-state index contributed by atoms with van der Waals surface area (Å²) in [7, 11) is 0. The lowest BCUT2D eigenvalue weighted by molar-refractivity contribution is -0.137. The molecular formula is C13H24N2O4. The minimum atomic E-state index is -0.779. The molecule has 2 amide bonds. The summed E-state index contributed by atoms with van der Waals surface area (Å²) in [6.07, 6.45) is 2.71. The van der Waals surface area contributed by atoms with Gasteiger partial charge in [-0.2, -0.15) is 0 Å². The molecule has 0 aliphatic carbocycles. The number of hydrogen-bond donors (Lipinski definition) is 2. The number of urea groups is 1. The van der Waals surface area contributed by atoms with E-state index in [1.165, 1.54) is 0 Å². The Hall–Kier alpha value is -1.30. The molecule has 19 heavy (non-hydrogen) atoms. The smallest absolute Gasteiger partial charge is 0.320 e. The summed E-state index contributed by atoms with van der Waals surface area (Å²) < 4.78 is 0. The first-order valence-electron chi connectivity index (χ1n) is 6.95. The summed E-state index contributed by atoms with van der Waals surface area (Å²) in [5.41, 5.74) is 0. The fourth-order valence-electron chi connectivity index (χ4n) is 2.51. The van der Waals surface area contributed by atoms with Crippen molar-refractivity contribution in [2.75, 3.05) is 32.8 Å². The number of likely N-dealkylation sites (N-methyl/N-ethyl adjacent to an activating group) is 1. The topological polar surface area (TPSA) is 81.1 Å². The van der Waals surface area contributed by atoms with Crippen LogP contribution in [-0.2, 0) is 4.79 Å². The molecule has 0 bridgehead atoms. The molecule has 0 aromatic carbocycles. The average Bonchev–Trinajstić information content (AvgIpc) is 2.42. The second-order valence-corrected chi connectivity index (χ2v) is 4.97. The highest BCUT2D eigenvalue weighted by atomic mass is 16.4. The molecule has 0 aromatic heterocycles. The third-order valence-electron chi connectivity index (χ3n) is 3.58. The molecule has 110 valence electrons. The molecule has 6 nitrogen and oxygen atoms in total. The molecule has 2 N–H and O–H groups in total. The van der Waals surface area contributed by atoms with Gasteiger partial charge in [-0.1, -0.05) is 0 Å². The summed E-state index contributed by atoms with van der Waals surface area (Å²) in [4.78, 5) is 26.2. The van der Waals surface area contributed by atoms with Gasteiger partial charge in [-0.05, 0) is 32.1 Å². The minimum Gasteiger partial charge on any atom is -0.481 e. The standard InChI is InChI=1S/C13H24N2O4/c1-2-14(8-9-16)13(19)15-7-3-4-11(10-15)5-6-12(17)18/h11,16H,2-10H2,1H3,(H,17,18). The Labute approximate surface area is 114 Å². The Kier molecular flexibility index (Phi) is 6.62. The van der Waals surface area contributed by atoms with Crippen LogP contribution in [0.2, 0.25) is 0 Å². The first-order chi connectivity index (χ1) is 9.08. The number of rotatable bonds is 6. The van der Waals surface area contributed by atoms with Gasteiger partial charge in [0.25, 0.3) is 0 Å². The predicted molar refractivity (Wildman–Crippen MR) is 70.9 cm³/mol. The highest BCUT2D eigenvalue weighted by molar-refractivity contribution is 5.74. The summed E-state index contributed by atoms with van der Waals surface area (Å²) in [5, 5.41) is 17.6. The van der Waals surface area contributed by atoms with Crippen molar-refractivity contribution < 1.29 is 19.8 Å². The van der Waals surface area contributed by atoms with E-state index in [0.29, 0.717) is 26.1 Å². The lowest BCUT2D eigenvalue weighted by atomic mass is 9.93. The zero-order chi connectivity index (χ0) is 14.3. The van der Waals surface area contributed by atoms with Crippen LogP contribution in [0.25, 0.3) is 0 Å². The van der Waals surface area contributed by atoms with E-state index in [2.05, 4.69) is 0 Å². The van der Waals surface area contributed by atoms with Gasteiger partial charge in [-0.15, -0.1) is 0 Å². The van der Waals surface area contributed by atoms with E-state index < -0.39 is 5.97 Å². The van der Waals surface area contributed by atoms with Crippen molar-refractivity contribution in [3.8, 4) is 0 Å². The van der Waals surface area contributed by atoms with E-state index in [1.54, 1.807) is 9.80 Å². The molecule has 0 saturated carbocycles. The van der Waals surface area contributed by atoms with Crippen LogP contribution in [0.4, 0.5) is 4.79 Å². The molecule has 1 rings (SSSR count). The second-order valence-electron chi connectivity index (χ2n) is 4.97. The maximum atomic E-state index is 12.2. The molecule has 1 fully saturated rings. The largest absolute Gasteiger partial charge is 0.481 e. The van der Waals surface area contributed by atoms with E-state index in [1.807, 2.05) is 6.92 Å². The molecule has 1 aliphatic rings. The normalized spacial score (nSPS) is 19.3. The van der Waals surface area contributed by atoms with Crippen LogP contribution in [0.3, 0.4) is 0 Å². The van der Waals surface area contributed by atoms with Gasteiger partial charge in [-0.25, -0.2) is 4.79 Å². The zero-order valence-corrected chi connectivity index (χ0v) is 11.5. The van der Waals surface area contributed by atoms with Crippen molar-refractivity contribution >= 4 is 12.0 Å². The van der Waals surface area contributed by atoms with Gasteiger partial charge in [0.15, 0.2) is 0 Å². The van der Waals surface area contributed by atoms with Gasteiger partial charge in [-0.3, -0.25) is 4.79 Å². The van der Waals surface area contributed by atoms with E-state index in [-0.39, 0.29) is 25.0 Å². The van der Waals surface area contributed by atoms with Gasteiger partial charge in [0.05, 0.1) is 6.61 Å². The van der Waals surface area contributed by atoms with E-state index >= 15 is 0 Å². The summed E-state index contributed by atoms with van der Waals surface area (Å²) in [5.74, 6) is -0.499. The number of hydrogen-bond acceptors (Lipinski definition) is 3. The maximum Gasteiger partial charge on any atom is 0.320 e. The Balaban J connectivity index is 2.48. The number of aliphatic hydroxyl groups excluding tert-OH is 1. The summed E-state index contributed by atoms with van der Waals surface area (Å²) in [6, 6.07) is -0.0448. The van der Waals surface area contributed by atoms with E-state index in [4.69, 9.17) is 10.2 Å². The Morgan fingerprint density at radius 3 is 2.74 bits per heavy atom. The first kappa shape index (κ1) is 15.8. The van der Waals surface area contributed by atoms with Crippen LogP contribution >= 0.6 is 0 Å². The molecule has 0 aromatic rings. The van der Waals surface area contributed by atoms with Gasteiger partial charge >= 0.3 is 12.0 Å². The Morgan fingerprint density at radius 2 is 2.16 bits per heavy atom. The number of piperidine rings is 1. The fraction of sp³-hybridized carbons (Fsp3) is 0.846. The summed E-state index contributed by atoms with van der Waals surface area (Å²) >= 11 is 0. The number of carbonyl (C=O) groups excluding carboxylic acids is 1. The second kappa shape index (κ2) is 7.99. The zero-order valence-electron chi connectivity index (χ0n) is 11.5. The van der Waals surface area contributed by atoms with Crippen molar-refractivity contribution in [1.29, 1.82) is 0 Å². The molecule has 1 atom stereocenters. The van der Waals surface area contributed by atoms with E-state index in [9.17, 15) is 9.59 Å². The van der Waals surface area contributed by atoms with Crippen LogP contribution in [0.15, 0.2) is 0 Å². The molecule has 1 unspecified atom stereocenters. The number of amides is 2. The number of carboxylic acids is 1. The average molecular weight is 272 g/mol. The predicted octanol–water partition coefficient (Wildman–Crippen LogP) is 0.997. The van der Waals surface area contributed by atoms with Crippen molar-refractivity contribution in [1.82, 2.24) is 9.80 Å². The molecule has 0 radical (unpaired) electrons. The van der Waals surface area contributed by atoms with Crippen LogP contribution in [0.5, 0.6) is 0 Å². The minimum absolute atomic E-state index is 0.0319. The number of likely N-dealkylation sites (tertiary alicyclic amines) is 1. The quantitative estimate of drug-likeness (QED) is 0.755. The summed E-state index contributed by atoms with van der Waals surface area (Å²) in [6.45, 7) is 4.15. The number of aliphatic carboxylic acids is 1. The monoisotopic (exact) mass is 272 g/mol. The van der Waals surface area contributed by atoms with Crippen LogP contribution in [0, 0.1) is 5.92 Å². The molecule has 1 saturated heterocycles. The number of carboxylic acid groups (broad SMARTS) is 1. The molecular weight excluding hydrogens is 248 g/mol. The van der Waals surface area contributed by atoms with Gasteiger partial charge in [0.1, 0.15) is 0 Å². The van der Waals surface area contributed by atoms with Crippen LogP contribution in [0.1, 0.15) is 32.6 Å². The van der Waals surface area contributed by atoms with Gasteiger partial charge in [0, 0.05) is 32.6 Å². The molecule has 6 heteroatoms. The number of nitrogens with zero attached hydrogens (tertiary/aromatic N) is 2. The van der Waals surface area contributed by atoms with Crippen LogP contribution in [-0.4, -0.2) is 64.8 Å². The lowest BCUT2D eigenvalue weighted by Crippen LogP contribution is -2.48. The number of carbonyl (C=O) groups is 2. The Bertz CT molecular complexity index is 309. The Morgan fingerprint density at radius 1 is 1.42 bits per heavy atom. The van der Waals surface area contributed by atoms with Crippen LogP contribution < -0.4 is 0 Å². The van der Waals surface area contributed by atoms with Crippen molar-refractivity contribution in [2.45, 2.75) is 32.6 Å². The van der Waals surface area contributed by atoms with E-state index in [0.717, 1.165) is 19.4 Å². The highest BCUT2D eigenvalue weighted by Crippen LogP contribution is 2.21. The lowest BCUT2D eigenvalue weighted by Gasteiger charge is -2.36. The first-order valence-corrected chi connectivity index (χ1v) is 6.95. The molecule has 1 heterocycles.